The van der Waals surface area contributed by atoms with Gasteiger partial charge >= 0.3 is 18.2 Å². The second kappa shape index (κ2) is 36.4. The minimum Gasteiger partial charge on any atom is -0.508 e. The molecule has 2 aliphatic rings. The smallest absolute Gasteiger partial charge is 0.408 e. The van der Waals surface area contributed by atoms with Crippen molar-refractivity contribution in [2.24, 2.45) is 5.92 Å². The van der Waals surface area contributed by atoms with Gasteiger partial charge in [-0.15, -0.1) is 0 Å². The van der Waals surface area contributed by atoms with Crippen molar-refractivity contribution in [1.29, 1.82) is 0 Å². The van der Waals surface area contributed by atoms with Gasteiger partial charge in [-0.3, -0.25) is 38.4 Å². The summed E-state index contributed by atoms with van der Waals surface area (Å²) in [4.78, 5) is 153. The molecule has 2 aromatic rings. The van der Waals surface area contributed by atoms with Crippen LogP contribution in [-0.2, 0) is 65.5 Å². The first kappa shape index (κ1) is 75.0. The molecule has 10 atom stereocenters. The van der Waals surface area contributed by atoms with Crippen molar-refractivity contribution in [1.82, 2.24) is 47.9 Å². The molecule has 26 nitrogen and oxygen atoms in total. The van der Waals surface area contributed by atoms with Gasteiger partial charge in [0.15, 0.2) is 11.8 Å². The third kappa shape index (κ3) is 26.6. The molecule has 0 saturated carbocycles. The number of hydrogen-bond donors (Lipinski definition) is 13. The number of alkyl carbamates (subject to hydrolysis) is 2. The minimum absolute atomic E-state index is 0.00806. The van der Waals surface area contributed by atoms with Crippen molar-refractivity contribution in [3.63, 3.8) is 0 Å². The van der Waals surface area contributed by atoms with Crippen molar-refractivity contribution >= 4 is 92.5 Å². The first-order chi connectivity index (χ1) is 42.3. The van der Waals surface area contributed by atoms with E-state index in [0.717, 1.165) is 39.6 Å². The molecule has 0 radical (unpaired) electrons. The molecule has 1 aliphatic carbocycles. The number of carbonyl (C=O) groups is 11. The van der Waals surface area contributed by atoms with E-state index >= 15 is 14.4 Å². The molecule has 28 heteroatoms. The molecule has 498 valence electrons. The average molecular weight is 1300 g/mol. The first-order valence-corrected chi connectivity index (χ1v) is 32.8. The number of Topliss-reactive ketones (excluding diaryl/α,β-unsaturated/α-hetero) is 1. The Morgan fingerprint density at radius 2 is 1.33 bits per heavy atom. The van der Waals surface area contributed by atoms with Crippen LogP contribution in [0.25, 0.3) is 5.57 Å². The average Bonchev–Trinajstić information content (AvgIpc) is 2.15. The zero-order chi connectivity index (χ0) is 66.9. The zero-order valence-corrected chi connectivity index (χ0v) is 54.3. The number of nitrogens with one attached hydrogen (secondary N) is 9. The van der Waals surface area contributed by atoms with Crippen molar-refractivity contribution in [3.05, 3.63) is 71.3 Å². The molecule has 1 fully saturated rings. The number of phenols is 1. The Bertz CT molecular complexity index is 2840. The van der Waals surface area contributed by atoms with Gasteiger partial charge in [-0.05, 0) is 148 Å². The van der Waals surface area contributed by atoms with E-state index in [2.05, 4.69) is 47.9 Å². The number of carboxylic acids is 1. The summed E-state index contributed by atoms with van der Waals surface area (Å²) in [5, 5.41) is 65.1. The number of allylic oxidation sites excluding steroid dienone is 1. The highest BCUT2D eigenvalue weighted by Crippen LogP contribution is 2.31. The van der Waals surface area contributed by atoms with Crippen LogP contribution in [0.1, 0.15) is 143 Å². The summed E-state index contributed by atoms with van der Waals surface area (Å²) in [7, 11) is 1.79. The fourth-order valence-corrected chi connectivity index (χ4v) is 11.9. The third-order valence-electron chi connectivity index (χ3n) is 14.2. The molecule has 0 bridgehead atoms. The largest absolute Gasteiger partial charge is 0.508 e. The van der Waals surface area contributed by atoms with Crippen molar-refractivity contribution in [3.8, 4) is 5.75 Å². The van der Waals surface area contributed by atoms with Gasteiger partial charge in [0, 0.05) is 49.8 Å². The molecule has 1 heterocycles. The summed E-state index contributed by atoms with van der Waals surface area (Å²) >= 11 is 0. The summed E-state index contributed by atoms with van der Waals surface area (Å²) < 4.78 is 10.8. The van der Waals surface area contributed by atoms with Crippen LogP contribution in [0.3, 0.4) is 0 Å². The number of carboxylic acid groups (broad SMARTS) is 1. The number of aromatic hydroxyl groups is 1. The van der Waals surface area contributed by atoms with Gasteiger partial charge in [0.25, 0.3) is 0 Å². The number of aliphatic carboxylic acids is 1. The number of phenolic OH excluding ortho intramolecular Hbond substituents is 1. The Balaban J connectivity index is 1.87. The molecule has 0 spiro atoms. The monoisotopic (exact) mass is 1300 g/mol. The van der Waals surface area contributed by atoms with Gasteiger partial charge in [-0.25, -0.2) is 14.4 Å². The molecule has 0 aromatic heterocycles. The Morgan fingerprint density at radius 1 is 0.711 bits per heavy atom. The number of carbonyl (C=O) groups excluding carboxylic acids is 10. The maximum atomic E-state index is 15.2. The Hall–Kier alpha value is -7.43. The SMILES string of the molecule is CCCC(=O)NCCCCC(NC(=O)OC(C)(C)C)C(=O)N[C@H]1CSSC[C@@H](C(=O)N[C@H](C(=O)O)[C@@H](C)O)NC(=O)[C@H]([C@@H](C)O)NC(=O)[C@H](CCCCNC(=O)OC(C)(C)C)NC(=O)[C@@H](CC2=CCc3ccccc32)NC(=O)[C@H](Cc2ccc(O)cc2)CC1=O. The Morgan fingerprint density at radius 3 is 1.98 bits per heavy atom. The molecule has 2 aromatic carbocycles. The summed E-state index contributed by atoms with van der Waals surface area (Å²) in [5.41, 5.74) is 1.10. The van der Waals surface area contributed by atoms with E-state index in [0.29, 0.717) is 43.2 Å². The third-order valence-corrected chi connectivity index (χ3v) is 16.6. The second-order valence-corrected chi connectivity index (χ2v) is 26.9. The van der Waals surface area contributed by atoms with Crippen LogP contribution >= 0.6 is 21.6 Å². The number of benzene rings is 2. The highest BCUT2D eigenvalue weighted by Gasteiger charge is 2.38. The van der Waals surface area contributed by atoms with E-state index in [1.807, 2.05) is 37.3 Å². The number of unbranched alkanes of at least 4 members (excludes halogenated alkanes) is 2. The molecule has 1 saturated heterocycles. The van der Waals surface area contributed by atoms with Gasteiger partial charge < -0.3 is 77.8 Å². The van der Waals surface area contributed by atoms with Crippen LogP contribution in [0, 0.1) is 5.92 Å². The van der Waals surface area contributed by atoms with Crippen molar-refractivity contribution < 1.29 is 82.6 Å². The highest BCUT2D eigenvalue weighted by atomic mass is 33.1. The van der Waals surface area contributed by atoms with Gasteiger partial charge in [-0.2, -0.15) is 0 Å². The predicted octanol–water partition coefficient (Wildman–Crippen LogP) is 3.36. The summed E-state index contributed by atoms with van der Waals surface area (Å²) in [6, 6.07) is 2.13. The number of hydrogen-bond acceptors (Lipinski definition) is 18. The molecular formula is C62H91N9O17S2. The van der Waals surface area contributed by atoms with Crippen molar-refractivity contribution in [2.75, 3.05) is 24.6 Å². The summed E-state index contributed by atoms with van der Waals surface area (Å²) in [6.07, 6.45) is -1.53. The number of amides is 9. The molecule has 4 rings (SSSR count). The van der Waals surface area contributed by atoms with E-state index < -0.39 is 143 Å². The Labute approximate surface area is 533 Å². The number of ether oxygens (including phenoxy) is 2. The van der Waals surface area contributed by atoms with Crippen LogP contribution in [-0.4, -0.2) is 176 Å². The van der Waals surface area contributed by atoms with Crippen LogP contribution in [0.2, 0.25) is 0 Å². The second-order valence-electron chi connectivity index (χ2n) is 24.4. The minimum atomic E-state index is -1.88. The lowest BCUT2D eigenvalue weighted by atomic mass is 9.90. The summed E-state index contributed by atoms with van der Waals surface area (Å²) in [5.74, 6) is -10.4. The van der Waals surface area contributed by atoms with Crippen molar-refractivity contribution in [2.45, 2.75) is 205 Å². The topological polar surface area (TPSA) is 395 Å². The summed E-state index contributed by atoms with van der Waals surface area (Å²) in [6.45, 7) is 14.4. The molecule has 1 aliphatic heterocycles. The van der Waals surface area contributed by atoms with Gasteiger partial charge in [0.05, 0.1) is 18.2 Å². The number of fused-ring (bicyclic) bond motifs is 1. The van der Waals surface area contributed by atoms with Crippen LogP contribution < -0.4 is 47.9 Å². The van der Waals surface area contributed by atoms with Crippen LogP contribution in [0.4, 0.5) is 9.59 Å². The Kier molecular flexibility index (Phi) is 30.4. The highest BCUT2D eigenvalue weighted by molar-refractivity contribution is 8.76. The molecule has 1 unspecified atom stereocenters. The van der Waals surface area contributed by atoms with Gasteiger partial charge in [0.2, 0.25) is 41.4 Å². The lowest BCUT2D eigenvalue weighted by molar-refractivity contribution is -0.145. The fraction of sp³-hybridized carbons (Fsp3) is 0.597. The standard InChI is InChI=1S/C62H91N9O17S2/c1-10-17-49(76)63-28-15-13-21-44(69-60(86)88-62(7,8)9)53(78)67-46-33-89-90-34-47(56(81)71-51(36(3)73)58(83)84)68-57(82)50(35(2)72)70-54(79)43(20-14-16-29-64-59(85)87-61(4,5)6)65-55(80)45(31-39-25-24-38-18-11-12-19-42(38)39)66-52(77)40(32-48(46)75)30-37-22-26-41(74)27-23-37/h11-12,18-19,22-23,25-27,35-36,40,43-47,50-51,72-74H,10,13-17,20-21,24,28-34H2,1-9H3,(H,63,76)(H,64,85)(H,65,80)(H,66,77)(H,67,78)(H,68,82)(H,69,86)(H,70,79)(H,71,81)(H,83,84)/t35-,36-,40-,43+,44?,45-,46+,47+,50+,51+/m1/s1. The molecule has 13 N–H and O–H groups in total. The van der Waals surface area contributed by atoms with Gasteiger partial charge in [0.1, 0.15) is 47.2 Å². The van der Waals surface area contributed by atoms with E-state index in [9.17, 15) is 58.8 Å². The predicted molar refractivity (Wildman–Crippen MR) is 338 cm³/mol. The van der Waals surface area contributed by atoms with Gasteiger partial charge in [-0.1, -0.05) is 71.0 Å². The first-order valence-electron chi connectivity index (χ1n) is 30.3. The number of rotatable bonds is 24. The number of aliphatic hydroxyl groups excluding tert-OH is 2. The quantitative estimate of drug-likeness (QED) is 0.0529. The maximum Gasteiger partial charge on any atom is 0.408 e. The number of aliphatic hydroxyl groups is 2. The zero-order valence-electron chi connectivity index (χ0n) is 52.7. The lowest BCUT2D eigenvalue weighted by Gasteiger charge is -2.29. The van der Waals surface area contributed by atoms with E-state index in [4.69, 9.17) is 9.47 Å². The van der Waals surface area contributed by atoms with E-state index in [1.54, 1.807) is 53.7 Å². The fourth-order valence-electron chi connectivity index (χ4n) is 9.55. The molecule has 9 amide bonds. The maximum absolute atomic E-state index is 15.2. The van der Waals surface area contributed by atoms with E-state index in [1.165, 1.54) is 19.1 Å². The van der Waals surface area contributed by atoms with Crippen LogP contribution in [0.15, 0.2) is 54.6 Å². The lowest BCUT2D eigenvalue weighted by Crippen LogP contribution is -2.62. The molecular weight excluding hydrogens is 1210 g/mol. The normalized spacial score (nSPS) is 21.1. The van der Waals surface area contributed by atoms with E-state index in [-0.39, 0.29) is 69.0 Å². The number of ketones is 1. The molecule has 90 heavy (non-hydrogen) atoms. The van der Waals surface area contributed by atoms with Crippen LogP contribution in [0.5, 0.6) is 5.75 Å².